The van der Waals surface area contributed by atoms with Crippen LogP contribution in [0.5, 0.6) is 0 Å². The van der Waals surface area contributed by atoms with Crippen LogP contribution in [0.3, 0.4) is 0 Å². The van der Waals surface area contributed by atoms with Gasteiger partial charge in [-0.2, -0.15) is 0 Å². The van der Waals surface area contributed by atoms with Crippen LogP contribution < -0.4 is 63.8 Å². The molecule has 0 rings (SSSR count). The van der Waals surface area contributed by atoms with Gasteiger partial charge in [0.15, 0.2) is 0 Å². The average molecular weight is 505 g/mol. The van der Waals surface area contributed by atoms with Crippen molar-refractivity contribution in [1.82, 2.24) is 9.62 Å². The van der Waals surface area contributed by atoms with Crippen LogP contribution in [-0.2, 0) is 40.1 Å². The van der Waals surface area contributed by atoms with Gasteiger partial charge in [-0.25, -0.2) is 38.4 Å². The molecular weight excluding hydrogens is 482 g/mol. The molecule has 0 amide bonds. The SMILES string of the molecule is CS(=O)(=O)CCCS(=O)(=O)NCCN(CCS(=O)(=O)[O-])CCS(=O)(=O)[O-].[Na+].[Na+]. The molecule has 0 aliphatic carbocycles. The molecule has 18 heteroatoms. The van der Waals surface area contributed by atoms with Crippen LogP contribution >= 0.6 is 0 Å². The van der Waals surface area contributed by atoms with Crippen molar-refractivity contribution in [3.8, 4) is 0 Å². The van der Waals surface area contributed by atoms with Crippen molar-refractivity contribution >= 4 is 40.1 Å². The van der Waals surface area contributed by atoms with Gasteiger partial charge in [0.2, 0.25) is 10.0 Å². The Morgan fingerprint density at radius 3 is 1.50 bits per heavy atom. The predicted molar refractivity (Wildman–Crippen MR) is 91.7 cm³/mol. The van der Waals surface area contributed by atoms with Crippen LogP contribution in [0.15, 0.2) is 0 Å². The summed E-state index contributed by atoms with van der Waals surface area (Å²) in [6, 6.07) is 0. The van der Waals surface area contributed by atoms with Gasteiger partial charge in [-0.1, -0.05) is 0 Å². The smallest absolute Gasteiger partial charge is 0.748 e. The van der Waals surface area contributed by atoms with Crippen molar-refractivity contribution in [2.45, 2.75) is 6.42 Å². The van der Waals surface area contributed by atoms with Crippen LogP contribution in [0.1, 0.15) is 6.42 Å². The van der Waals surface area contributed by atoms with E-state index in [4.69, 9.17) is 0 Å². The Balaban J connectivity index is -0.00000312. The Labute approximate surface area is 211 Å². The van der Waals surface area contributed by atoms with E-state index in [0.29, 0.717) is 0 Å². The summed E-state index contributed by atoms with van der Waals surface area (Å²) < 4.78 is 111. The van der Waals surface area contributed by atoms with Crippen LogP contribution in [0, 0.1) is 0 Å². The molecule has 0 saturated carbocycles. The maximum Gasteiger partial charge on any atom is 1.00 e. The number of nitrogens with one attached hydrogen (secondary N) is 1. The molecule has 0 spiro atoms. The number of hydrogen-bond acceptors (Lipinski definition) is 11. The molecule has 0 aliphatic heterocycles. The fourth-order valence-electron chi connectivity index (χ4n) is 1.76. The standard InChI is InChI=1S/C10H24N2O10S4.2Na/c1-23(13,14)7-2-8-24(15,16)11-3-4-12(5-9-25(17,18)19)6-10-26(20,21)22;;/h11H,2-10H2,1H3,(H,17,18,19)(H,20,21,22);;/q;2*+1/p-2. The molecule has 0 aliphatic rings. The van der Waals surface area contributed by atoms with E-state index in [2.05, 4.69) is 4.72 Å². The van der Waals surface area contributed by atoms with Gasteiger partial charge in [0.25, 0.3) is 0 Å². The van der Waals surface area contributed by atoms with E-state index in [1.54, 1.807) is 0 Å². The fourth-order valence-corrected chi connectivity index (χ4v) is 4.65. The molecule has 158 valence electrons. The largest absolute Gasteiger partial charge is 1.00 e. The molecule has 0 aromatic carbocycles. The van der Waals surface area contributed by atoms with Crippen molar-refractivity contribution in [1.29, 1.82) is 0 Å². The van der Waals surface area contributed by atoms with Crippen LogP contribution in [0.4, 0.5) is 0 Å². The summed E-state index contributed by atoms with van der Waals surface area (Å²) in [6.45, 7) is -1.11. The van der Waals surface area contributed by atoms with Gasteiger partial charge < -0.3 is 14.0 Å². The minimum atomic E-state index is -4.57. The number of rotatable bonds is 14. The fraction of sp³-hybridized carbons (Fsp3) is 1.00. The molecule has 0 radical (unpaired) electrons. The number of nitrogens with zero attached hydrogens (tertiary/aromatic N) is 1. The normalized spacial score (nSPS) is 13.0. The first-order valence-corrected chi connectivity index (χ1v) is 14.1. The first kappa shape index (κ1) is 34.3. The number of sulfone groups is 1. The summed E-state index contributed by atoms with van der Waals surface area (Å²) in [6.07, 6.45) is 0.861. The van der Waals surface area contributed by atoms with Gasteiger partial charge in [0.05, 0.1) is 43.2 Å². The molecule has 0 aromatic rings. The molecule has 0 bridgehead atoms. The Morgan fingerprint density at radius 2 is 1.14 bits per heavy atom. The topological polar surface area (TPSA) is 198 Å². The first-order chi connectivity index (χ1) is 11.5. The van der Waals surface area contributed by atoms with Gasteiger partial charge in [0, 0.05) is 32.4 Å². The summed E-state index contributed by atoms with van der Waals surface area (Å²) in [5, 5.41) is 0. The van der Waals surface area contributed by atoms with E-state index in [1.165, 1.54) is 0 Å². The van der Waals surface area contributed by atoms with Crippen molar-refractivity contribution in [3.05, 3.63) is 0 Å². The van der Waals surface area contributed by atoms with E-state index in [1.807, 2.05) is 0 Å². The van der Waals surface area contributed by atoms with Gasteiger partial charge in [-0.05, 0) is 6.42 Å². The minimum Gasteiger partial charge on any atom is -0.748 e. The molecule has 1 N–H and O–H groups in total. The van der Waals surface area contributed by atoms with Crippen molar-refractivity contribution < 1.29 is 102 Å². The van der Waals surface area contributed by atoms with E-state index >= 15 is 0 Å². The van der Waals surface area contributed by atoms with Gasteiger partial charge in [0.1, 0.15) is 9.84 Å². The van der Waals surface area contributed by atoms with E-state index in [-0.39, 0.29) is 97.5 Å². The van der Waals surface area contributed by atoms with Gasteiger partial charge in [-0.15, -0.1) is 0 Å². The second-order valence-corrected chi connectivity index (χ2v) is 12.8. The Hall–Kier alpha value is 1.64. The first-order valence-electron chi connectivity index (χ1n) is 7.24. The van der Waals surface area contributed by atoms with Crippen LogP contribution in [0.25, 0.3) is 0 Å². The minimum absolute atomic E-state index is 0. The Kier molecular flexibility index (Phi) is 17.9. The van der Waals surface area contributed by atoms with Crippen molar-refractivity contribution in [2.24, 2.45) is 0 Å². The molecule has 0 heterocycles. The van der Waals surface area contributed by atoms with Crippen LogP contribution in [0.2, 0.25) is 0 Å². The molecule has 0 aromatic heterocycles. The second kappa shape index (κ2) is 14.7. The van der Waals surface area contributed by atoms with E-state index in [9.17, 15) is 42.8 Å². The molecule has 0 unspecified atom stereocenters. The molecule has 0 atom stereocenters. The predicted octanol–water partition coefficient (Wildman–Crippen LogP) is -9.26. The number of hydrogen-bond donors (Lipinski definition) is 1. The third-order valence-corrected chi connectivity index (χ3v) is 6.86. The van der Waals surface area contributed by atoms with Crippen molar-refractivity contribution in [3.63, 3.8) is 0 Å². The summed E-state index contributed by atoms with van der Waals surface area (Å²) in [5.41, 5.74) is 0. The third kappa shape index (κ3) is 23.9. The monoisotopic (exact) mass is 504 g/mol. The van der Waals surface area contributed by atoms with Crippen LogP contribution in [-0.4, -0.2) is 103 Å². The maximum absolute atomic E-state index is 11.7. The maximum atomic E-state index is 11.7. The zero-order chi connectivity index (χ0) is 20.6. The van der Waals surface area contributed by atoms with E-state index in [0.717, 1.165) is 11.2 Å². The molecule has 28 heavy (non-hydrogen) atoms. The zero-order valence-corrected chi connectivity index (χ0v) is 23.3. The quantitative estimate of drug-likeness (QED) is 0.174. The molecule has 12 nitrogen and oxygen atoms in total. The van der Waals surface area contributed by atoms with Gasteiger partial charge >= 0.3 is 59.1 Å². The van der Waals surface area contributed by atoms with Gasteiger partial charge in [-0.3, -0.25) is 0 Å². The Morgan fingerprint density at radius 1 is 0.714 bits per heavy atom. The third-order valence-electron chi connectivity index (χ3n) is 2.99. The number of sulfonamides is 1. The molecular formula is C10H22N2Na2O10S4. The summed E-state index contributed by atoms with van der Waals surface area (Å²) in [4.78, 5) is 1.16. The van der Waals surface area contributed by atoms with Crippen molar-refractivity contribution in [2.75, 3.05) is 55.4 Å². The summed E-state index contributed by atoms with van der Waals surface area (Å²) in [7, 11) is -16.2. The zero-order valence-electron chi connectivity index (χ0n) is 16.0. The Bertz CT molecular complexity index is 820. The molecule has 0 saturated heterocycles. The second-order valence-electron chi connectivity index (χ2n) is 5.56. The molecule has 0 fully saturated rings. The summed E-state index contributed by atoms with van der Waals surface area (Å²) >= 11 is 0. The summed E-state index contributed by atoms with van der Waals surface area (Å²) in [5.74, 6) is -2.40. The van der Waals surface area contributed by atoms with E-state index < -0.39 is 57.4 Å². The average Bonchev–Trinajstić information content (AvgIpc) is 2.37.